The molecule has 3 heterocycles. The van der Waals surface area contributed by atoms with Crippen molar-refractivity contribution in [1.29, 1.82) is 0 Å². The van der Waals surface area contributed by atoms with Crippen LogP contribution in [0.5, 0.6) is 11.5 Å². The Balaban J connectivity index is 1.55. The van der Waals surface area contributed by atoms with Gasteiger partial charge in [-0.05, 0) is 30.5 Å². The van der Waals surface area contributed by atoms with Crippen LogP contribution in [0.25, 0.3) is 0 Å². The highest BCUT2D eigenvalue weighted by Crippen LogP contribution is 2.34. The monoisotopic (exact) mass is 302 g/mol. The van der Waals surface area contributed by atoms with Crippen molar-refractivity contribution >= 4 is 11.9 Å². The molecule has 1 aromatic carbocycles. The maximum Gasteiger partial charge on any atom is 0.327 e. The molecule has 4 rings (SSSR count). The zero-order chi connectivity index (χ0) is 15.1. The quantitative estimate of drug-likeness (QED) is 0.785. The van der Waals surface area contributed by atoms with Crippen LogP contribution in [0.3, 0.4) is 0 Å². The molecule has 3 aliphatic rings. The molecule has 6 heteroatoms. The molecule has 2 fully saturated rings. The molecule has 0 spiro atoms. The van der Waals surface area contributed by atoms with Gasteiger partial charge in [-0.1, -0.05) is 18.9 Å². The summed E-state index contributed by atoms with van der Waals surface area (Å²) in [5.74, 6) is 1.31. The number of fused-ring (bicyclic) bond motifs is 2. The molecule has 22 heavy (non-hydrogen) atoms. The first-order valence-electron chi connectivity index (χ1n) is 7.74. The third kappa shape index (κ3) is 2.10. The molecule has 3 amide bonds. The fourth-order valence-electron chi connectivity index (χ4n) is 3.39. The van der Waals surface area contributed by atoms with Crippen molar-refractivity contribution in [2.75, 3.05) is 13.3 Å². The summed E-state index contributed by atoms with van der Waals surface area (Å²) in [5.41, 5.74) is 0.878. The summed E-state index contributed by atoms with van der Waals surface area (Å²) in [4.78, 5) is 28.2. The average Bonchev–Trinajstić information content (AvgIpc) is 2.95. The highest BCUT2D eigenvalue weighted by atomic mass is 16.7. The van der Waals surface area contributed by atoms with E-state index in [-0.39, 0.29) is 24.8 Å². The number of hydrogen-bond donors (Lipinski definition) is 0. The summed E-state index contributed by atoms with van der Waals surface area (Å²) in [6.45, 7) is 1.20. The van der Waals surface area contributed by atoms with Crippen LogP contribution in [0, 0.1) is 0 Å². The highest BCUT2D eigenvalue weighted by molar-refractivity contribution is 6.04. The van der Waals surface area contributed by atoms with Gasteiger partial charge in [0.1, 0.15) is 6.04 Å². The molecule has 1 atom stereocenters. The average molecular weight is 302 g/mol. The van der Waals surface area contributed by atoms with E-state index in [4.69, 9.17) is 9.47 Å². The zero-order valence-electron chi connectivity index (χ0n) is 12.3. The minimum Gasteiger partial charge on any atom is -0.454 e. The van der Waals surface area contributed by atoms with Crippen molar-refractivity contribution in [2.45, 2.75) is 38.3 Å². The fraction of sp³-hybridized carbons (Fsp3) is 0.500. The third-order valence-electron chi connectivity index (χ3n) is 4.56. The summed E-state index contributed by atoms with van der Waals surface area (Å²) in [7, 11) is 0. The Labute approximate surface area is 128 Å². The summed E-state index contributed by atoms with van der Waals surface area (Å²) in [5, 5.41) is 0. The van der Waals surface area contributed by atoms with Crippen LogP contribution >= 0.6 is 0 Å². The van der Waals surface area contributed by atoms with Crippen LogP contribution in [0.1, 0.15) is 31.2 Å². The lowest BCUT2D eigenvalue weighted by Crippen LogP contribution is -2.34. The van der Waals surface area contributed by atoms with Gasteiger partial charge in [0.25, 0.3) is 5.91 Å². The predicted octanol–water partition coefficient (Wildman–Crippen LogP) is 2.12. The molecule has 2 saturated heterocycles. The molecule has 1 aromatic rings. The van der Waals surface area contributed by atoms with E-state index in [1.54, 1.807) is 4.90 Å². The largest absolute Gasteiger partial charge is 0.454 e. The van der Waals surface area contributed by atoms with Crippen molar-refractivity contribution in [3.8, 4) is 11.5 Å². The Morgan fingerprint density at radius 1 is 1.09 bits per heavy atom. The Morgan fingerprint density at radius 2 is 1.95 bits per heavy atom. The first-order chi connectivity index (χ1) is 10.7. The first kappa shape index (κ1) is 13.4. The molecule has 116 valence electrons. The van der Waals surface area contributed by atoms with Gasteiger partial charge in [0.05, 0.1) is 6.54 Å². The van der Waals surface area contributed by atoms with Crippen LogP contribution in [0.2, 0.25) is 0 Å². The number of ether oxygens (including phenoxy) is 2. The fourth-order valence-corrected chi connectivity index (χ4v) is 3.39. The van der Waals surface area contributed by atoms with E-state index in [1.807, 2.05) is 18.2 Å². The van der Waals surface area contributed by atoms with Gasteiger partial charge in [-0.15, -0.1) is 0 Å². The van der Waals surface area contributed by atoms with Gasteiger partial charge in [0.2, 0.25) is 6.79 Å². The van der Waals surface area contributed by atoms with Crippen molar-refractivity contribution < 1.29 is 19.1 Å². The van der Waals surface area contributed by atoms with Gasteiger partial charge in [-0.2, -0.15) is 0 Å². The molecular formula is C16H18N2O4. The van der Waals surface area contributed by atoms with E-state index in [0.717, 1.165) is 31.2 Å². The van der Waals surface area contributed by atoms with Crippen LogP contribution in [-0.2, 0) is 11.3 Å². The third-order valence-corrected chi connectivity index (χ3v) is 4.56. The van der Waals surface area contributed by atoms with E-state index < -0.39 is 0 Å². The van der Waals surface area contributed by atoms with Gasteiger partial charge >= 0.3 is 6.03 Å². The standard InChI is InChI=1S/C16H18N2O4/c19-15-12-4-2-1-3-7-17(12)16(20)18(15)9-11-5-6-13-14(8-11)22-10-21-13/h5-6,8,12H,1-4,7,9-10H2. The number of imide groups is 1. The van der Waals surface area contributed by atoms with Crippen LogP contribution in [0.15, 0.2) is 18.2 Å². The van der Waals surface area contributed by atoms with E-state index in [2.05, 4.69) is 0 Å². The van der Waals surface area contributed by atoms with Gasteiger partial charge in [0.15, 0.2) is 11.5 Å². The second-order valence-electron chi connectivity index (χ2n) is 5.95. The van der Waals surface area contributed by atoms with Gasteiger partial charge in [0, 0.05) is 6.54 Å². The smallest absolute Gasteiger partial charge is 0.327 e. The minimum atomic E-state index is -0.260. The van der Waals surface area contributed by atoms with Gasteiger partial charge in [-0.25, -0.2) is 4.79 Å². The van der Waals surface area contributed by atoms with E-state index in [1.165, 1.54) is 4.90 Å². The number of amides is 3. The molecule has 0 radical (unpaired) electrons. The lowest BCUT2D eigenvalue weighted by Gasteiger charge is -2.18. The number of benzene rings is 1. The molecule has 0 bridgehead atoms. The molecule has 3 aliphatic heterocycles. The van der Waals surface area contributed by atoms with Crippen LogP contribution in [-0.4, -0.2) is 41.1 Å². The van der Waals surface area contributed by atoms with E-state index in [0.29, 0.717) is 24.6 Å². The van der Waals surface area contributed by atoms with Crippen molar-refractivity contribution in [2.24, 2.45) is 0 Å². The van der Waals surface area contributed by atoms with Crippen molar-refractivity contribution in [1.82, 2.24) is 9.80 Å². The Morgan fingerprint density at radius 3 is 2.86 bits per heavy atom. The summed E-state index contributed by atoms with van der Waals surface area (Å²) in [6.07, 6.45) is 3.86. The highest BCUT2D eigenvalue weighted by Gasteiger charge is 2.44. The summed E-state index contributed by atoms with van der Waals surface area (Å²) in [6, 6.07) is 5.11. The Bertz CT molecular complexity index is 607. The number of nitrogens with zero attached hydrogens (tertiary/aromatic N) is 2. The predicted molar refractivity (Wildman–Crippen MR) is 77.5 cm³/mol. The van der Waals surface area contributed by atoms with Crippen LogP contribution in [0.4, 0.5) is 4.79 Å². The van der Waals surface area contributed by atoms with Crippen LogP contribution < -0.4 is 9.47 Å². The van der Waals surface area contributed by atoms with Gasteiger partial charge in [-0.3, -0.25) is 9.69 Å². The maximum absolute atomic E-state index is 12.5. The SMILES string of the molecule is O=C1C2CCCCCN2C(=O)N1Cc1ccc2c(c1)OCO2. The number of urea groups is 1. The molecule has 0 N–H and O–H groups in total. The lowest BCUT2D eigenvalue weighted by atomic mass is 10.1. The maximum atomic E-state index is 12.5. The van der Waals surface area contributed by atoms with E-state index in [9.17, 15) is 9.59 Å². The normalized spacial score (nSPS) is 23.7. The molecular weight excluding hydrogens is 284 g/mol. The minimum absolute atomic E-state index is 0.0652. The molecule has 0 aliphatic carbocycles. The lowest BCUT2D eigenvalue weighted by molar-refractivity contribution is -0.128. The molecule has 1 unspecified atom stereocenters. The summed E-state index contributed by atoms with van der Waals surface area (Å²) < 4.78 is 10.6. The molecule has 6 nitrogen and oxygen atoms in total. The number of hydrogen-bond acceptors (Lipinski definition) is 4. The zero-order valence-corrected chi connectivity index (χ0v) is 12.3. The topological polar surface area (TPSA) is 59.1 Å². The molecule has 0 saturated carbocycles. The second kappa shape index (κ2) is 5.19. The second-order valence-corrected chi connectivity index (χ2v) is 5.95. The summed E-state index contributed by atoms with van der Waals surface area (Å²) >= 11 is 0. The number of carbonyl (C=O) groups is 2. The number of rotatable bonds is 2. The van der Waals surface area contributed by atoms with Crippen molar-refractivity contribution in [3.63, 3.8) is 0 Å². The van der Waals surface area contributed by atoms with Crippen molar-refractivity contribution in [3.05, 3.63) is 23.8 Å². The van der Waals surface area contributed by atoms with E-state index >= 15 is 0 Å². The molecule has 0 aromatic heterocycles. The van der Waals surface area contributed by atoms with Gasteiger partial charge < -0.3 is 14.4 Å². The Kier molecular flexibility index (Phi) is 3.17. The Hall–Kier alpha value is -2.24. The first-order valence-corrected chi connectivity index (χ1v) is 7.74. The number of carbonyl (C=O) groups excluding carboxylic acids is 2.